The van der Waals surface area contributed by atoms with Gasteiger partial charge < -0.3 is 15.3 Å². The molecule has 0 aromatic carbocycles. The van der Waals surface area contributed by atoms with Gasteiger partial charge in [-0.1, -0.05) is 0 Å². The topological polar surface area (TPSA) is 52.6 Å². The van der Waals surface area contributed by atoms with E-state index < -0.39 is 5.54 Å². The Bertz CT molecular complexity index is 186. The maximum absolute atomic E-state index is 11.5. The van der Waals surface area contributed by atoms with E-state index in [1.807, 2.05) is 0 Å². The first-order chi connectivity index (χ1) is 6.05. The van der Waals surface area contributed by atoms with Crippen molar-refractivity contribution in [1.82, 2.24) is 10.2 Å². The smallest absolute Gasteiger partial charge is 0.317 e. The molecule has 0 radical (unpaired) electrons. The number of amides is 2. The van der Waals surface area contributed by atoms with E-state index in [4.69, 9.17) is 5.11 Å². The van der Waals surface area contributed by atoms with Crippen molar-refractivity contribution in [3.63, 3.8) is 0 Å². The third kappa shape index (κ3) is 2.88. The molecule has 1 rings (SSSR count). The van der Waals surface area contributed by atoms with Crippen molar-refractivity contribution in [2.45, 2.75) is 32.2 Å². The summed E-state index contributed by atoms with van der Waals surface area (Å²) in [4.78, 5) is 13.3. The predicted octanol–water partition coefficient (Wildman–Crippen LogP) is 0.563. The Kier molecular flexibility index (Phi) is 3.14. The molecule has 2 amide bonds. The summed E-state index contributed by atoms with van der Waals surface area (Å²) in [6.45, 7) is 5.26. The first kappa shape index (κ1) is 10.3. The quantitative estimate of drug-likeness (QED) is 0.662. The van der Waals surface area contributed by atoms with Gasteiger partial charge in [-0.15, -0.1) is 0 Å². The number of aliphatic hydroxyl groups excluding tert-OH is 1. The summed E-state index contributed by atoms with van der Waals surface area (Å²) in [5, 5.41) is 11.7. The third-order valence-corrected chi connectivity index (χ3v) is 2.23. The van der Waals surface area contributed by atoms with Crippen LogP contribution in [0.25, 0.3) is 0 Å². The predicted molar refractivity (Wildman–Crippen MR) is 50.5 cm³/mol. The number of carbonyl (C=O) groups is 1. The van der Waals surface area contributed by atoms with Gasteiger partial charge in [0.25, 0.3) is 0 Å². The summed E-state index contributed by atoms with van der Waals surface area (Å²) >= 11 is 0. The Balaban J connectivity index is 2.40. The highest BCUT2D eigenvalue weighted by atomic mass is 16.3. The number of hydrogen-bond acceptors (Lipinski definition) is 2. The van der Waals surface area contributed by atoms with Crippen LogP contribution < -0.4 is 5.32 Å². The molecule has 1 saturated heterocycles. The molecule has 0 bridgehead atoms. The van der Waals surface area contributed by atoms with E-state index >= 15 is 0 Å². The van der Waals surface area contributed by atoms with Gasteiger partial charge in [0.2, 0.25) is 0 Å². The van der Waals surface area contributed by atoms with Crippen LogP contribution in [0.1, 0.15) is 26.7 Å². The van der Waals surface area contributed by atoms with Crippen LogP contribution in [0.3, 0.4) is 0 Å². The molecule has 0 saturated carbocycles. The monoisotopic (exact) mass is 186 g/mol. The molecule has 0 atom stereocenters. The van der Waals surface area contributed by atoms with E-state index in [2.05, 4.69) is 5.32 Å². The van der Waals surface area contributed by atoms with E-state index in [0.29, 0.717) is 0 Å². The number of rotatable bonds is 2. The number of aliphatic hydroxyl groups is 1. The van der Waals surface area contributed by atoms with E-state index in [9.17, 15) is 4.79 Å². The van der Waals surface area contributed by atoms with Crippen LogP contribution in [0.4, 0.5) is 4.79 Å². The number of nitrogens with one attached hydrogen (secondary N) is 1. The van der Waals surface area contributed by atoms with E-state index in [-0.39, 0.29) is 12.6 Å². The summed E-state index contributed by atoms with van der Waals surface area (Å²) in [5.74, 6) is 0. The van der Waals surface area contributed by atoms with Crippen molar-refractivity contribution in [2.24, 2.45) is 0 Å². The van der Waals surface area contributed by atoms with Crippen LogP contribution in [-0.2, 0) is 0 Å². The third-order valence-electron chi connectivity index (χ3n) is 2.23. The van der Waals surface area contributed by atoms with E-state index in [0.717, 1.165) is 25.9 Å². The minimum absolute atomic E-state index is 0.0351. The van der Waals surface area contributed by atoms with Gasteiger partial charge in [0.15, 0.2) is 0 Å². The molecular weight excluding hydrogens is 168 g/mol. The summed E-state index contributed by atoms with van der Waals surface area (Å²) in [6.07, 6.45) is 2.18. The molecule has 13 heavy (non-hydrogen) atoms. The van der Waals surface area contributed by atoms with Crippen molar-refractivity contribution in [1.29, 1.82) is 0 Å². The Labute approximate surface area is 78.9 Å². The molecule has 1 aliphatic heterocycles. The molecule has 1 fully saturated rings. The van der Waals surface area contributed by atoms with Gasteiger partial charge >= 0.3 is 6.03 Å². The van der Waals surface area contributed by atoms with Crippen molar-refractivity contribution in [2.75, 3.05) is 19.7 Å². The second kappa shape index (κ2) is 3.96. The molecule has 0 unspecified atom stereocenters. The maximum Gasteiger partial charge on any atom is 0.317 e. The van der Waals surface area contributed by atoms with Gasteiger partial charge in [0.1, 0.15) is 0 Å². The standard InChI is InChI=1S/C9H18N2O2/c1-9(2,7-12)10-8(13)11-5-3-4-6-11/h12H,3-7H2,1-2H3,(H,10,13). The minimum atomic E-state index is -0.514. The highest BCUT2D eigenvalue weighted by Crippen LogP contribution is 2.09. The molecule has 4 nitrogen and oxygen atoms in total. The highest BCUT2D eigenvalue weighted by molar-refractivity contribution is 5.75. The van der Waals surface area contributed by atoms with Gasteiger partial charge in [0.05, 0.1) is 12.1 Å². The van der Waals surface area contributed by atoms with Gasteiger partial charge in [0, 0.05) is 13.1 Å². The lowest BCUT2D eigenvalue weighted by Gasteiger charge is -2.27. The SMILES string of the molecule is CC(C)(CO)NC(=O)N1CCCC1. The fourth-order valence-electron chi connectivity index (χ4n) is 1.33. The molecule has 4 heteroatoms. The first-order valence-corrected chi connectivity index (χ1v) is 4.73. The average Bonchev–Trinajstić information content (AvgIpc) is 2.55. The van der Waals surface area contributed by atoms with Crippen molar-refractivity contribution in [3.8, 4) is 0 Å². The lowest BCUT2D eigenvalue weighted by Crippen LogP contribution is -2.51. The summed E-state index contributed by atoms with van der Waals surface area (Å²) in [7, 11) is 0. The zero-order chi connectivity index (χ0) is 9.90. The molecule has 0 aliphatic carbocycles. The fourth-order valence-corrected chi connectivity index (χ4v) is 1.33. The van der Waals surface area contributed by atoms with Gasteiger partial charge in [-0.2, -0.15) is 0 Å². The molecule has 1 aliphatic rings. The number of urea groups is 1. The molecule has 0 aromatic rings. The largest absolute Gasteiger partial charge is 0.394 e. The number of likely N-dealkylation sites (tertiary alicyclic amines) is 1. The minimum Gasteiger partial charge on any atom is -0.394 e. The lowest BCUT2D eigenvalue weighted by atomic mass is 10.1. The van der Waals surface area contributed by atoms with E-state index in [1.165, 1.54) is 0 Å². The summed E-state index contributed by atoms with van der Waals surface area (Å²) < 4.78 is 0. The van der Waals surface area contributed by atoms with Crippen LogP contribution in [0.2, 0.25) is 0 Å². The second-order valence-electron chi connectivity index (χ2n) is 4.17. The first-order valence-electron chi connectivity index (χ1n) is 4.73. The van der Waals surface area contributed by atoms with Gasteiger partial charge in [-0.05, 0) is 26.7 Å². The Morgan fingerprint density at radius 1 is 1.46 bits per heavy atom. The van der Waals surface area contributed by atoms with Gasteiger partial charge in [-0.3, -0.25) is 0 Å². The number of carbonyl (C=O) groups excluding carboxylic acids is 1. The molecule has 0 spiro atoms. The molecule has 0 aromatic heterocycles. The zero-order valence-electron chi connectivity index (χ0n) is 8.34. The van der Waals surface area contributed by atoms with Crippen LogP contribution in [0.5, 0.6) is 0 Å². The summed E-state index contributed by atoms with van der Waals surface area (Å²) in [6, 6.07) is -0.0587. The Morgan fingerprint density at radius 2 is 2.00 bits per heavy atom. The number of nitrogens with zero attached hydrogens (tertiary/aromatic N) is 1. The van der Waals surface area contributed by atoms with Crippen LogP contribution in [0.15, 0.2) is 0 Å². The van der Waals surface area contributed by atoms with Crippen molar-refractivity contribution >= 4 is 6.03 Å². The molecular formula is C9H18N2O2. The number of hydrogen-bond donors (Lipinski definition) is 2. The Morgan fingerprint density at radius 3 is 2.46 bits per heavy atom. The lowest BCUT2D eigenvalue weighted by molar-refractivity contribution is 0.165. The second-order valence-corrected chi connectivity index (χ2v) is 4.17. The van der Waals surface area contributed by atoms with Gasteiger partial charge in [-0.25, -0.2) is 4.79 Å². The molecule has 2 N–H and O–H groups in total. The molecule has 1 heterocycles. The van der Waals surface area contributed by atoms with Crippen molar-refractivity contribution in [3.05, 3.63) is 0 Å². The van der Waals surface area contributed by atoms with Crippen LogP contribution in [0, 0.1) is 0 Å². The normalized spacial score (nSPS) is 17.6. The molecule has 76 valence electrons. The summed E-state index contributed by atoms with van der Waals surface area (Å²) in [5.41, 5.74) is -0.514. The maximum atomic E-state index is 11.5. The van der Waals surface area contributed by atoms with Crippen LogP contribution in [-0.4, -0.2) is 41.3 Å². The average molecular weight is 186 g/mol. The van der Waals surface area contributed by atoms with E-state index in [1.54, 1.807) is 18.7 Å². The zero-order valence-corrected chi connectivity index (χ0v) is 8.34. The van der Waals surface area contributed by atoms with Crippen molar-refractivity contribution < 1.29 is 9.90 Å². The fraction of sp³-hybridized carbons (Fsp3) is 0.889. The van der Waals surface area contributed by atoms with Crippen LogP contribution >= 0.6 is 0 Å². The Hall–Kier alpha value is -0.770. The highest BCUT2D eigenvalue weighted by Gasteiger charge is 2.24.